The Morgan fingerprint density at radius 3 is 2.40 bits per heavy atom. The maximum Gasteiger partial charge on any atom is 0.471 e. The highest BCUT2D eigenvalue weighted by Crippen LogP contribution is 2.19. The molecule has 0 spiro atoms. The van der Waals surface area contributed by atoms with E-state index in [2.05, 4.69) is 4.98 Å². The van der Waals surface area contributed by atoms with E-state index in [4.69, 9.17) is 0 Å². The fourth-order valence-corrected chi connectivity index (χ4v) is 1.69. The van der Waals surface area contributed by atoms with Crippen LogP contribution in [0.25, 0.3) is 5.65 Å². The molecule has 0 aliphatic carbocycles. The summed E-state index contributed by atoms with van der Waals surface area (Å²) in [5.41, 5.74) is 2.28. The Bertz CT molecular complexity index is 617. The van der Waals surface area contributed by atoms with Gasteiger partial charge in [-0.05, 0) is 25.0 Å². The molecule has 0 fully saturated rings. The largest absolute Gasteiger partial charge is 0.471 e. The molecule has 4 nitrogen and oxygen atoms in total. The quantitative estimate of drug-likeness (QED) is 0.872. The summed E-state index contributed by atoms with van der Waals surface area (Å²) in [5, 5.41) is 1.72. The van der Waals surface area contributed by atoms with Crippen LogP contribution in [-0.2, 0) is 4.79 Å². The highest BCUT2D eigenvalue weighted by Gasteiger charge is 2.39. The topological polar surface area (TPSA) is 46.4 Å². The Morgan fingerprint density at radius 2 is 1.85 bits per heavy atom. The number of aryl methyl sites for hydroxylation is 2. The normalized spacial score (nSPS) is 10.9. The van der Waals surface area contributed by atoms with Gasteiger partial charge in [-0.15, -0.1) is 0 Å². The molecule has 0 aliphatic heterocycles. The second-order valence-electron chi connectivity index (χ2n) is 4.01. The fraction of sp³-hybridized carbons (Fsp3) is 0.385. The number of aromatic nitrogens is 2. The van der Waals surface area contributed by atoms with Gasteiger partial charge < -0.3 is 9.72 Å². The Kier molecular flexibility index (Phi) is 4.75. The second kappa shape index (κ2) is 5.94. The zero-order chi connectivity index (χ0) is 15.5. The van der Waals surface area contributed by atoms with Gasteiger partial charge in [0.1, 0.15) is 5.65 Å². The number of amides is 1. The number of imidazole rings is 1. The maximum atomic E-state index is 12.1. The first kappa shape index (κ1) is 16.0. The number of pyridine rings is 1. The van der Waals surface area contributed by atoms with Crippen molar-refractivity contribution >= 4 is 17.4 Å². The van der Waals surface area contributed by atoms with Crippen molar-refractivity contribution in [1.82, 2.24) is 9.38 Å². The van der Waals surface area contributed by atoms with Crippen molar-refractivity contribution in [3.63, 3.8) is 0 Å². The summed E-state index contributed by atoms with van der Waals surface area (Å²) in [5.74, 6) is -2.15. The highest BCUT2D eigenvalue weighted by molar-refractivity contribution is 5.94. The zero-order valence-corrected chi connectivity index (χ0v) is 11.7. The lowest BCUT2D eigenvalue weighted by atomic mass is 10.2. The average molecular weight is 287 g/mol. The number of hydrogen-bond donors (Lipinski definition) is 1. The van der Waals surface area contributed by atoms with Crippen molar-refractivity contribution in [2.75, 3.05) is 5.32 Å². The third-order valence-corrected chi connectivity index (χ3v) is 2.37. The molecule has 0 aliphatic rings. The van der Waals surface area contributed by atoms with Crippen LogP contribution in [0.4, 0.5) is 19.0 Å². The number of fused-ring (bicyclic) bond motifs is 1. The van der Waals surface area contributed by atoms with Gasteiger partial charge in [0.15, 0.2) is 5.82 Å². The molecule has 0 saturated heterocycles. The van der Waals surface area contributed by atoms with E-state index in [1.165, 1.54) is 6.20 Å². The number of hydrogen-bond acceptors (Lipinski definition) is 2. The molecule has 1 N–H and O–H groups in total. The minimum Gasteiger partial charge on any atom is -0.304 e. The number of anilines is 1. The smallest absolute Gasteiger partial charge is 0.304 e. The molecule has 2 aromatic heterocycles. The van der Waals surface area contributed by atoms with Crippen molar-refractivity contribution in [3.8, 4) is 0 Å². The summed E-state index contributed by atoms with van der Waals surface area (Å²) in [6.07, 6.45) is -1.85. The van der Waals surface area contributed by atoms with Crippen molar-refractivity contribution in [3.05, 3.63) is 29.6 Å². The molecule has 0 unspecified atom stereocenters. The second-order valence-corrected chi connectivity index (χ2v) is 4.01. The molecule has 20 heavy (non-hydrogen) atoms. The summed E-state index contributed by atoms with van der Waals surface area (Å²) in [4.78, 5) is 14.7. The number of nitrogens with zero attached hydrogens (tertiary/aromatic N) is 2. The van der Waals surface area contributed by atoms with Crippen LogP contribution in [-0.4, -0.2) is 21.5 Å². The average Bonchev–Trinajstić information content (AvgIpc) is 2.73. The maximum absolute atomic E-state index is 12.1. The number of rotatable bonds is 1. The van der Waals surface area contributed by atoms with Crippen LogP contribution in [0.3, 0.4) is 0 Å². The molecule has 0 saturated carbocycles. The van der Waals surface area contributed by atoms with Crippen LogP contribution in [0.5, 0.6) is 0 Å². The van der Waals surface area contributed by atoms with Gasteiger partial charge in [0.2, 0.25) is 0 Å². The SMILES string of the molecule is CC.Cc1cc(C)c2nc(NC(=O)C(F)(F)F)cn2c1. The number of carbonyl (C=O) groups excluding carboxylic acids is 1. The molecule has 0 aromatic carbocycles. The van der Waals surface area contributed by atoms with E-state index in [9.17, 15) is 18.0 Å². The lowest BCUT2D eigenvalue weighted by molar-refractivity contribution is -0.167. The van der Waals surface area contributed by atoms with Crippen LogP contribution in [0.1, 0.15) is 25.0 Å². The van der Waals surface area contributed by atoms with Crippen molar-refractivity contribution in [2.24, 2.45) is 0 Å². The van der Waals surface area contributed by atoms with Gasteiger partial charge in [-0.2, -0.15) is 13.2 Å². The van der Waals surface area contributed by atoms with Crippen molar-refractivity contribution < 1.29 is 18.0 Å². The third-order valence-electron chi connectivity index (χ3n) is 2.37. The first-order valence-corrected chi connectivity index (χ1v) is 6.11. The van der Waals surface area contributed by atoms with Crippen LogP contribution in [0, 0.1) is 13.8 Å². The van der Waals surface area contributed by atoms with Gasteiger partial charge in [-0.3, -0.25) is 4.79 Å². The highest BCUT2D eigenvalue weighted by atomic mass is 19.4. The minimum absolute atomic E-state index is 0.119. The van der Waals surface area contributed by atoms with Gasteiger partial charge >= 0.3 is 12.1 Å². The number of carbonyl (C=O) groups is 1. The van der Waals surface area contributed by atoms with E-state index < -0.39 is 12.1 Å². The van der Waals surface area contributed by atoms with E-state index in [-0.39, 0.29) is 5.82 Å². The van der Waals surface area contributed by atoms with Crippen LogP contribution in [0.2, 0.25) is 0 Å². The van der Waals surface area contributed by atoms with Crippen molar-refractivity contribution in [2.45, 2.75) is 33.9 Å². The van der Waals surface area contributed by atoms with Crippen LogP contribution < -0.4 is 5.32 Å². The molecule has 0 atom stereocenters. The van der Waals surface area contributed by atoms with E-state index in [1.54, 1.807) is 22.8 Å². The summed E-state index contributed by atoms with van der Waals surface area (Å²) in [6.45, 7) is 7.66. The molecule has 2 aromatic rings. The Morgan fingerprint density at radius 1 is 1.25 bits per heavy atom. The molecule has 110 valence electrons. The van der Waals surface area contributed by atoms with Crippen molar-refractivity contribution in [1.29, 1.82) is 0 Å². The lowest BCUT2D eigenvalue weighted by Gasteiger charge is -2.04. The zero-order valence-electron chi connectivity index (χ0n) is 11.7. The summed E-state index contributed by atoms with van der Waals surface area (Å²) >= 11 is 0. The minimum atomic E-state index is -4.92. The standard InChI is InChI=1S/C11H10F3N3O.C2H6/c1-6-3-7(2)9-15-8(5-17(9)4-6)16-10(18)11(12,13)14;1-2/h3-5H,1-2H3,(H,16,18);1-2H3. The van der Waals surface area contributed by atoms with Gasteiger partial charge in [-0.1, -0.05) is 19.9 Å². The predicted molar refractivity (Wildman–Crippen MR) is 70.7 cm³/mol. The summed E-state index contributed by atoms with van der Waals surface area (Å²) in [7, 11) is 0. The van der Waals surface area contributed by atoms with E-state index in [1.807, 2.05) is 26.8 Å². The Balaban J connectivity index is 0.000000956. The molecular weight excluding hydrogens is 271 g/mol. The molecule has 2 heterocycles. The van der Waals surface area contributed by atoms with E-state index in [0.717, 1.165) is 11.1 Å². The van der Waals surface area contributed by atoms with Crippen LogP contribution >= 0.6 is 0 Å². The summed E-state index contributed by atoms with van der Waals surface area (Å²) < 4.78 is 37.8. The van der Waals surface area contributed by atoms with Gasteiger partial charge in [-0.25, -0.2) is 4.98 Å². The van der Waals surface area contributed by atoms with Gasteiger partial charge in [0, 0.05) is 6.20 Å². The number of nitrogens with one attached hydrogen (secondary N) is 1. The molecule has 1 amide bonds. The molecule has 7 heteroatoms. The van der Waals surface area contributed by atoms with E-state index in [0.29, 0.717) is 5.65 Å². The number of halogens is 3. The first-order valence-electron chi connectivity index (χ1n) is 6.11. The molecule has 2 rings (SSSR count). The summed E-state index contributed by atoms with van der Waals surface area (Å²) in [6, 6.07) is 1.86. The third kappa shape index (κ3) is 3.49. The lowest BCUT2D eigenvalue weighted by Crippen LogP contribution is -2.30. The first-order chi connectivity index (χ1) is 9.27. The Labute approximate surface area is 114 Å². The van der Waals surface area contributed by atoms with E-state index >= 15 is 0 Å². The van der Waals surface area contributed by atoms with Gasteiger partial charge in [0.05, 0.1) is 6.20 Å². The Hall–Kier alpha value is -2.05. The monoisotopic (exact) mass is 287 g/mol. The molecule has 0 radical (unpaired) electrons. The molecule has 0 bridgehead atoms. The molecular formula is C13H16F3N3O. The van der Waals surface area contributed by atoms with Crippen LogP contribution in [0.15, 0.2) is 18.5 Å². The van der Waals surface area contributed by atoms with Gasteiger partial charge in [0.25, 0.3) is 0 Å². The predicted octanol–water partition coefficient (Wildman–Crippen LogP) is 3.48. The fourth-order valence-electron chi connectivity index (χ4n) is 1.69. The number of alkyl halides is 3.